The van der Waals surface area contributed by atoms with Crippen molar-refractivity contribution in [1.29, 1.82) is 0 Å². The molecule has 3 atom stereocenters. The predicted molar refractivity (Wildman–Crippen MR) is 81.1 cm³/mol. The van der Waals surface area contributed by atoms with Gasteiger partial charge in [-0.3, -0.25) is 9.78 Å². The Balaban J connectivity index is 2.16. The minimum Gasteiger partial charge on any atom is -0.395 e. The van der Waals surface area contributed by atoms with Gasteiger partial charge in [0.15, 0.2) is 11.2 Å². The zero-order valence-corrected chi connectivity index (χ0v) is 11.9. The maximum atomic E-state index is 11.8. The molecule has 8 heteroatoms. The van der Waals surface area contributed by atoms with Crippen LogP contribution in [0, 0.1) is 5.41 Å². The Morgan fingerprint density at radius 1 is 1.64 bits per heavy atom. The van der Waals surface area contributed by atoms with Crippen LogP contribution in [0.2, 0.25) is 0 Å². The molecule has 22 heavy (non-hydrogen) atoms. The molecule has 0 saturated heterocycles. The number of imidazole rings is 1. The van der Waals surface area contributed by atoms with Gasteiger partial charge >= 0.3 is 0 Å². The Labute approximate surface area is 125 Å². The van der Waals surface area contributed by atoms with E-state index in [1.165, 1.54) is 12.4 Å². The van der Waals surface area contributed by atoms with Gasteiger partial charge < -0.3 is 20.5 Å². The number of aromatic nitrogens is 4. The van der Waals surface area contributed by atoms with Crippen LogP contribution in [0.15, 0.2) is 35.9 Å². The van der Waals surface area contributed by atoms with E-state index in [1.807, 2.05) is 0 Å². The van der Waals surface area contributed by atoms with Crippen LogP contribution in [0.3, 0.4) is 0 Å². The second-order valence-electron chi connectivity index (χ2n) is 5.47. The van der Waals surface area contributed by atoms with E-state index in [4.69, 9.17) is 5.73 Å². The third kappa shape index (κ3) is 1.74. The molecule has 0 aromatic carbocycles. The van der Waals surface area contributed by atoms with Crippen molar-refractivity contribution in [2.75, 3.05) is 12.3 Å². The number of aliphatic hydroxyl groups excluding tert-OH is 2. The summed E-state index contributed by atoms with van der Waals surface area (Å²) in [6.07, 6.45) is 2.45. The molecular formula is C14H17N5O3. The number of nitrogens with one attached hydrogen (secondary N) is 1. The van der Waals surface area contributed by atoms with Crippen LogP contribution in [-0.2, 0) is 0 Å². The second-order valence-corrected chi connectivity index (χ2v) is 5.47. The average Bonchev–Trinajstić information content (AvgIpc) is 2.99. The number of hydrogen-bond donors (Lipinski definition) is 4. The van der Waals surface area contributed by atoms with Gasteiger partial charge in [0.25, 0.3) is 5.56 Å². The molecule has 2 aromatic heterocycles. The van der Waals surface area contributed by atoms with Crippen LogP contribution in [0.1, 0.15) is 12.5 Å². The molecule has 1 saturated carbocycles. The van der Waals surface area contributed by atoms with E-state index in [0.29, 0.717) is 17.6 Å². The Hall–Kier alpha value is -2.45. The largest absolute Gasteiger partial charge is 0.395 e. The summed E-state index contributed by atoms with van der Waals surface area (Å²) in [7, 11) is 0. The van der Waals surface area contributed by atoms with E-state index in [-0.39, 0.29) is 24.1 Å². The van der Waals surface area contributed by atoms with Gasteiger partial charge in [0.1, 0.15) is 0 Å². The standard InChI is InChI=1S/C14H17N5O3/c1-3-14(5-20)7(2)8(4-9(14)21)19-6-16-10-11(19)17-13(15)18-12(10)22/h3,6,8-9,20-21H,1-2,4-5H2,(H3,15,17,18,22)/t8-,9-,14-/m0/s1. The Morgan fingerprint density at radius 3 is 2.95 bits per heavy atom. The second kappa shape index (κ2) is 4.79. The number of nitrogens with two attached hydrogens (primary N) is 1. The molecule has 116 valence electrons. The molecule has 0 bridgehead atoms. The van der Waals surface area contributed by atoms with Crippen molar-refractivity contribution in [1.82, 2.24) is 19.5 Å². The molecule has 0 radical (unpaired) electrons. The van der Waals surface area contributed by atoms with Gasteiger partial charge in [0.2, 0.25) is 5.95 Å². The van der Waals surface area contributed by atoms with E-state index < -0.39 is 17.1 Å². The zero-order valence-electron chi connectivity index (χ0n) is 11.9. The van der Waals surface area contributed by atoms with E-state index in [9.17, 15) is 15.0 Å². The first-order chi connectivity index (χ1) is 10.4. The van der Waals surface area contributed by atoms with E-state index in [0.717, 1.165) is 0 Å². The summed E-state index contributed by atoms with van der Waals surface area (Å²) in [5.41, 5.74) is 5.25. The van der Waals surface area contributed by atoms with Crippen molar-refractivity contribution in [3.63, 3.8) is 0 Å². The zero-order chi connectivity index (χ0) is 16.1. The number of hydrogen-bond acceptors (Lipinski definition) is 6. The molecule has 2 aromatic rings. The monoisotopic (exact) mass is 303 g/mol. The van der Waals surface area contributed by atoms with Gasteiger partial charge in [0.05, 0.1) is 30.5 Å². The lowest BCUT2D eigenvalue weighted by Gasteiger charge is -2.28. The number of H-pyrrole nitrogens is 1. The number of aromatic amines is 1. The maximum Gasteiger partial charge on any atom is 0.280 e. The smallest absolute Gasteiger partial charge is 0.280 e. The molecule has 3 rings (SSSR count). The van der Waals surface area contributed by atoms with Crippen LogP contribution in [0.4, 0.5) is 5.95 Å². The van der Waals surface area contributed by atoms with Crippen molar-refractivity contribution in [3.05, 3.63) is 41.5 Å². The normalized spacial score (nSPS) is 28.4. The van der Waals surface area contributed by atoms with Crippen LogP contribution < -0.4 is 11.3 Å². The summed E-state index contributed by atoms with van der Waals surface area (Å²) in [5, 5.41) is 20.0. The quantitative estimate of drug-likeness (QED) is 0.577. The van der Waals surface area contributed by atoms with E-state index >= 15 is 0 Å². The van der Waals surface area contributed by atoms with Crippen LogP contribution in [0.5, 0.6) is 0 Å². The lowest BCUT2D eigenvalue weighted by Crippen LogP contribution is -2.32. The fraction of sp³-hybridized carbons (Fsp3) is 0.357. The van der Waals surface area contributed by atoms with Crippen LogP contribution >= 0.6 is 0 Å². The molecule has 5 N–H and O–H groups in total. The summed E-state index contributed by atoms with van der Waals surface area (Å²) in [4.78, 5) is 22.4. The highest BCUT2D eigenvalue weighted by molar-refractivity contribution is 5.71. The van der Waals surface area contributed by atoms with E-state index in [1.54, 1.807) is 4.57 Å². The van der Waals surface area contributed by atoms with Crippen molar-refractivity contribution in [3.8, 4) is 0 Å². The Bertz CT molecular complexity index is 823. The summed E-state index contributed by atoms with van der Waals surface area (Å²) in [5.74, 6) is -0.0134. The van der Waals surface area contributed by atoms with Crippen molar-refractivity contribution in [2.24, 2.45) is 5.41 Å². The van der Waals surface area contributed by atoms with Gasteiger partial charge in [0, 0.05) is 0 Å². The first-order valence-electron chi connectivity index (χ1n) is 6.78. The molecule has 8 nitrogen and oxygen atoms in total. The number of aliphatic hydroxyl groups is 2. The molecule has 1 aliphatic rings. The van der Waals surface area contributed by atoms with Crippen LogP contribution in [0.25, 0.3) is 11.2 Å². The topological polar surface area (TPSA) is 130 Å². The minimum atomic E-state index is -0.978. The summed E-state index contributed by atoms with van der Waals surface area (Å²) in [6.45, 7) is 7.40. The lowest BCUT2D eigenvalue weighted by molar-refractivity contribution is 0.0579. The average molecular weight is 303 g/mol. The molecule has 1 aliphatic carbocycles. The molecule has 0 spiro atoms. The van der Waals surface area contributed by atoms with Crippen LogP contribution in [-0.4, -0.2) is 42.4 Å². The van der Waals surface area contributed by atoms with Crippen molar-refractivity contribution in [2.45, 2.75) is 18.6 Å². The summed E-state index contributed by atoms with van der Waals surface area (Å²) >= 11 is 0. The number of rotatable bonds is 3. The Morgan fingerprint density at radius 2 is 2.36 bits per heavy atom. The van der Waals surface area contributed by atoms with Gasteiger partial charge in [-0.25, -0.2) is 4.98 Å². The third-order valence-electron chi connectivity index (χ3n) is 4.45. The highest BCUT2D eigenvalue weighted by Crippen LogP contribution is 2.49. The molecular weight excluding hydrogens is 286 g/mol. The molecule has 1 fully saturated rings. The van der Waals surface area contributed by atoms with Gasteiger partial charge in [-0.05, 0) is 12.0 Å². The number of nitrogen functional groups attached to an aromatic ring is 1. The SMILES string of the molecule is C=C[C@]1(CO)C(=C)[C@@H](n2cnc3c(=O)[nH]c(N)nc32)C[C@@H]1O. The molecule has 0 amide bonds. The predicted octanol–water partition coefficient (Wildman–Crippen LogP) is -0.272. The van der Waals surface area contributed by atoms with Crippen molar-refractivity contribution < 1.29 is 10.2 Å². The Kier molecular flexibility index (Phi) is 3.15. The summed E-state index contributed by atoms with van der Waals surface area (Å²) in [6, 6.07) is -0.362. The molecule has 2 heterocycles. The fourth-order valence-corrected chi connectivity index (χ4v) is 3.08. The number of anilines is 1. The summed E-state index contributed by atoms with van der Waals surface area (Å²) < 4.78 is 1.65. The molecule has 0 unspecified atom stereocenters. The fourth-order valence-electron chi connectivity index (χ4n) is 3.08. The van der Waals surface area contributed by atoms with E-state index in [2.05, 4.69) is 28.1 Å². The highest BCUT2D eigenvalue weighted by atomic mass is 16.3. The highest BCUT2D eigenvalue weighted by Gasteiger charge is 2.48. The first-order valence-corrected chi connectivity index (χ1v) is 6.78. The van der Waals surface area contributed by atoms with Gasteiger partial charge in [-0.2, -0.15) is 4.98 Å². The number of fused-ring (bicyclic) bond motifs is 1. The molecule has 0 aliphatic heterocycles. The first kappa shape index (κ1) is 14.5. The third-order valence-corrected chi connectivity index (χ3v) is 4.45. The number of nitrogens with zero attached hydrogens (tertiary/aromatic N) is 3. The minimum absolute atomic E-state index is 0.0134. The van der Waals surface area contributed by atoms with Crippen molar-refractivity contribution >= 4 is 17.1 Å². The van der Waals surface area contributed by atoms with Gasteiger partial charge in [-0.15, -0.1) is 6.58 Å². The van der Waals surface area contributed by atoms with Gasteiger partial charge in [-0.1, -0.05) is 12.7 Å². The lowest BCUT2D eigenvalue weighted by atomic mass is 9.81. The maximum absolute atomic E-state index is 11.8.